The highest BCUT2D eigenvalue weighted by atomic mass is 15.2. The zero-order chi connectivity index (χ0) is 51.9. The van der Waals surface area contributed by atoms with E-state index in [0.29, 0.717) is 17.6 Å². The van der Waals surface area contributed by atoms with E-state index >= 15 is 0 Å². The number of nitrogens with zero attached hydrogens (tertiary/aromatic N) is 6. The van der Waals surface area contributed by atoms with E-state index in [1.807, 2.05) is 36.4 Å². The molecule has 0 atom stereocenters. The topological polar surface area (TPSA) is 51.8 Å². The zero-order valence-corrected chi connectivity index (χ0v) is 43.1. The van der Waals surface area contributed by atoms with Crippen molar-refractivity contribution >= 4 is 60.7 Å². The van der Waals surface area contributed by atoms with Gasteiger partial charge in [-0.3, -0.25) is 4.57 Å². The maximum absolute atomic E-state index is 5.32. The first kappa shape index (κ1) is 45.2. The van der Waals surface area contributed by atoms with Crippen LogP contribution in [0.1, 0.15) is 25.0 Å². The number of rotatable bonds is 9. The summed E-state index contributed by atoms with van der Waals surface area (Å²) in [5.74, 6) is 1.78. The van der Waals surface area contributed by atoms with Crippen LogP contribution in [0.2, 0.25) is 0 Å². The van der Waals surface area contributed by atoms with Gasteiger partial charge in [-0.05, 0) is 117 Å². The summed E-state index contributed by atoms with van der Waals surface area (Å²) in [7, 11) is 0. The molecule has 14 aromatic rings. The number of aromatic nitrogens is 5. The summed E-state index contributed by atoms with van der Waals surface area (Å²) < 4.78 is 4.66. The van der Waals surface area contributed by atoms with Gasteiger partial charge in [-0.15, -0.1) is 0 Å². The molecule has 0 radical (unpaired) electrons. The molecule has 15 rings (SSSR count). The SMILES string of the molecule is CC1(C)c2ccccc2-c2ccc(N(c3ccc(-c4ccccc4)cc3)c3ccc(-c4ccc5c(c4)c4c(ccc6c7ccccc7n(-c7ccccc7)c64)n5-c4nc(-c5ccccc5)nc(-c5ccccc5)n4)cc3)cc21. The predicted octanol–water partition coefficient (Wildman–Crippen LogP) is 18.5. The average Bonchev–Trinajstić information content (AvgIpc) is 4.17. The first-order chi connectivity index (χ1) is 38.4. The molecule has 1 aliphatic carbocycles. The maximum Gasteiger partial charge on any atom is 0.238 e. The fraction of sp³-hybridized carbons (Fsp3) is 0.0417. The lowest BCUT2D eigenvalue weighted by molar-refractivity contribution is 0.660. The van der Waals surface area contributed by atoms with Crippen molar-refractivity contribution in [3.05, 3.63) is 278 Å². The Morgan fingerprint density at radius 2 is 0.833 bits per heavy atom. The molecule has 368 valence electrons. The lowest BCUT2D eigenvalue weighted by Crippen LogP contribution is -2.16. The van der Waals surface area contributed by atoms with E-state index < -0.39 is 0 Å². The van der Waals surface area contributed by atoms with Crippen LogP contribution >= 0.6 is 0 Å². The summed E-state index contributed by atoms with van der Waals surface area (Å²) in [5.41, 5.74) is 20.3. The van der Waals surface area contributed by atoms with Crippen LogP contribution < -0.4 is 4.90 Å². The van der Waals surface area contributed by atoms with Gasteiger partial charge in [0.05, 0.1) is 22.1 Å². The predicted molar refractivity (Wildman–Crippen MR) is 322 cm³/mol. The van der Waals surface area contributed by atoms with Gasteiger partial charge in [0.1, 0.15) is 0 Å². The summed E-state index contributed by atoms with van der Waals surface area (Å²) in [6, 6.07) is 95.8. The highest BCUT2D eigenvalue weighted by Gasteiger charge is 2.36. The van der Waals surface area contributed by atoms with E-state index in [-0.39, 0.29) is 5.41 Å². The summed E-state index contributed by atoms with van der Waals surface area (Å²) in [6.07, 6.45) is 0. The van der Waals surface area contributed by atoms with Crippen LogP contribution in [0.3, 0.4) is 0 Å². The van der Waals surface area contributed by atoms with E-state index in [1.54, 1.807) is 0 Å². The highest BCUT2D eigenvalue weighted by molar-refractivity contribution is 6.26. The number of anilines is 3. The van der Waals surface area contributed by atoms with Crippen molar-refractivity contribution in [3.63, 3.8) is 0 Å². The van der Waals surface area contributed by atoms with Crippen molar-refractivity contribution in [2.45, 2.75) is 19.3 Å². The van der Waals surface area contributed by atoms with Crippen LogP contribution in [-0.4, -0.2) is 24.1 Å². The third kappa shape index (κ3) is 7.29. The van der Waals surface area contributed by atoms with Gasteiger partial charge >= 0.3 is 0 Å². The Bertz CT molecular complexity index is 4540. The first-order valence-corrected chi connectivity index (χ1v) is 26.7. The maximum atomic E-state index is 5.32. The van der Waals surface area contributed by atoms with Crippen LogP contribution in [0.5, 0.6) is 0 Å². The van der Waals surface area contributed by atoms with Gasteiger partial charge in [0.15, 0.2) is 11.6 Å². The van der Waals surface area contributed by atoms with E-state index in [4.69, 9.17) is 15.0 Å². The second kappa shape index (κ2) is 18.0. The van der Waals surface area contributed by atoms with Gasteiger partial charge in [0, 0.05) is 60.8 Å². The van der Waals surface area contributed by atoms with Crippen molar-refractivity contribution in [2.24, 2.45) is 0 Å². The molecule has 0 unspecified atom stereocenters. The highest BCUT2D eigenvalue weighted by Crippen LogP contribution is 2.51. The number of fused-ring (bicyclic) bond motifs is 10. The largest absolute Gasteiger partial charge is 0.310 e. The Morgan fingerprint density at radius 1 is 0.333 bits per heavy atom. The summed E-state index contributed by atoms with van der Waals surface area (Å²) in [4.78, 5) is 18.1. The molecule has 0 N–H and O–H groups in total. The summed E-state index contributed by atoms with van der Waals surface area (Å²) in [6.45, 7) is 4.70. The van der Waals surface area contributed by atoms with Gasteiger partial charge in [0.2, 0.25) is 5.95 Å². The van der Waals surface area contributed by atoms with Crippen LogP contribution in [-0.2, 0) is 5.41 Å². The molecule has 6 nitrogen and oxygen atoms in total. The van der Waals surface area contributed by atoms with E-state index in [2.05, 4.69) is 258 Å². The van der Waals surface area contributed by atoms with Crippen LogP contribution in [0, 0.1) is 0 Å². The Labute approximate surface area is 452 Å². The molecule has 3 heterocycles. The second-order valence-electron chi connectivity index (χ2n) is 20.8. The van der Waals surface area contributed by atoms with Gasteiger partial charge < -0.3 is 9.47 Å². The zero-order valence-electron chi connectivity index (χ0n) is 43.1. The Kier molecular flexibility index (Phi) is 10.4. The standard InChI is InChI=1S/C72H50N6/c1-72(2)62-29-17-15-27-57(62)58-41-40-56(46-63(58)72)76(54-36-31-48(32-37-54)47-19-7-3-8-20-47)55-38-33-49(34-39-55)52-35-43-65-61(45-52)67-66(44-42-60-59-28-16-18-30-64(59)77(68(60)67)53-25-13-6-14-26-53)78(65)71-74-69(50-21-9-4-10-22-50)73-70(75-71)51-23-11-5-12-24-51/h3-46H,1-2H3. The first-order valence-electron chi connectivity index (χ1n) is 26.7. The van der Waals surface area contributed by atoms with E-state index in [1.165, 1.54) is 44.2 Å². The number of benzene rings is 11. The molecule has 0 spiro atoms. The quantitative estimate of drug-likeness (QED) is 0.145. The molecule has 1 aliphatic rings. The van der Waals surface area contributed by atoms with Crippen molar-refractivity contribution in [1.82, 2.24) is 24.1 Å². The molecule has 0 fully saturated rings. The molecule has 0 saturated carbocycles. The molecule has 11 aromatic carbocycles. The van der Waals surface area contributed by atoms with Crippen LogP contribution in [0.15, 0.2) is 267 Å². The van der Waals surface area contributed by atoms with E-state index in [9.17, 15) is 0 Å². The molecule has 0 saturated heterocycles. The molecule has 78 heavy (non-hydrogen) atoms. The smallest absolute Gasteiger partial charge is 0.238 e. The Hall–Kier alpha value is -10.2. The minimum absolute atomic E-state index is 0.144. The molecular formula is C72H50N6. The summed E-state index contributed by atoms with van der Waals surface area (Å²) >= 11 is 0. The van der Waals surface area contributed by atoms with Crippen molar-refractivity contribution in [1.29, 1.82) is 0 Å². The van der Waals surface area contributed by atoms with Gasteiger partial charge in [-0.25, -0.2) is 4.98 Å². The molecule has 6 heteroatoms. The Balaban J connectivity index is 0.926. The van der Waals surface area contributed by atoms with Gasteiger partial charge in [-0.1, -0.05) is 208 Å². The third-order valence-electron chi connectivity index (χ3n) is 16.0. The average molecular weight is 999 g/mol. The van der Waals surface area contributed by atoms with E-state index in [0.717, 1.165) is 77.8 Å². The Morgan fingerprint density at radius 3 is 1.50 bits per heavy atom. The summed E-state index contributed by atoms with van der Waals surface area (Å²) in [5, 5.41) is 4.59. The van der Waals surface area contributed by atoms with Gasteiger partial charge in [0.25, 0.3) is 0 Å². The fourth-order valence-electron chi connectivity index (χ4n) is 12.2. The van der Waals surface area contributed by atoms with Crippen LogP contribution in [0.4, 0.5) is 17.1 Å². The molecule has 0 aliphatic heterocycles. The minimum atomic E-state index is -0.144. The van der Waals surface area contributed by atoms with Crippen LogP contribution in [0.25, 0.3) is 111 Å². The molecule has 0 amide bonds. The number of hydrogen-bond acceptors (Lipinski definition) is 4. The second-order valence-corrected chi connectivity index (χ2v) is 20.8. The minimum Gasteiger partial charge on any atom is -0.310 e. The van der Waals surface area contributed by atoms with Crippen molar-refractivity contribution < 1.29 is 0 Å². The lowest BCUT2D eigenvalue weighted by Gasteiger charge is -2.28. The normalized spacial score (nSPS) is 12.6. The molecule has 0 bridgehead atoms. The van der Waals surface area contributed by atoms with Gasteiger partial charge in [-0.2, -0.15) is 9.97 Å². The number of para-hydroxylation sites is 2. The number of hydrogen-bond donors (Lipinski definition) is 0. The monoisotopic (exact) mass is 998 g/mol. The molecular weight excluding hydrogens is 949 g/mol. The lowest BCUT2D eigenvalue weighted by atomic mass is 9.82. The fourth-order valence-corrected chi connectivity index (χ4v) is 12.2. The van der Waals surface area contributed by atoms with Crippen molar-refractivity contribution in [2.75, 3.05) is 4.90 Å². The molecule has 3 aromatic heterocycles. The van der Waals surface area contributed by atoms with Crippen molar-refractivity contribution in [3.8, 4) is 67.8 Å². The third-order valence-corrected chi connectivity index (χ3v) is 16.0.